The molecule has 0 bridgehead atoms. The molecule has 1 fully saturated rings. The van der Waals surface area contributed by atoms with E-state index in [1.165, 1.54) is 17.7 Å². The van der Waals surface area contributed by atoms with E-state index in [0.29, 0.717) is 0 Å². The maximum Gasteiger partial charge on any atom is 0.173 e. The third-order valence-corrected chi connectivity index (χ3v) is 5.58. The van der Waals surface area contributed by atoms with E-state index in [2.05, 4.69) is 70.4 Å². The number of benzene rings is 2. The van der Waals surface area contributed by atoms with Crippen molar-refractivity contribution in [1.82, 2.24) is 30.0 Å². The molecule has 2 aromatic carbocycles. The molecule has 4 rings (SSSR count). The monoisotopic (exact) mass is 408 g/mol. The van der Waals surface area contributed by atoms with E-state index < -0.39 is 0 Å². The van der Waals surface area contributed by atoms with Crippen molar-refractivity contribution in [2.45, 2.75) is 38.9 Å². The number of aromatic nitrogens is 4. The number of piperazine rings is 1. The van der Waals surface area contributed by atoms with Gasteiger partial charge in [0.25, 0.3) is 0 Å². The normalized spacial score (nSPS) is 17.2. The third kappa shape index (κ3) is 4.57. The minimum absolute atomic E-state index is 0.112. The van der Waals surface area contributed by atoms with Crippen LogP contribution in [0.1, 0.15) is 43.8 Å². The number of rotatable bonds is 5. The zero-order chi connectivity index (χ0) is 21.1. The summed E-state index contributed by atoms with van der Waals surface area (Å²) < 4.78 is 15.5. The van der Waals surface area contributed by atoms with E-state index in [9.17, 15) is 4.39 Å². The molecule has 1 aromatic heterocycles. The van der Waals surface area contributed by atoms with Crippen LogP contribution in [0.5, 0.6) is 0 Å². The first-order valence-electron chi connectivity index (χ1n) is 10.5. The van der Waals surface area contributed by atoms with E-state index in [-0.39, 0.29) is 17.4 Å². The highest BCUT2D eigenvalue weighted by atomic mass is 19.1. The van der Waals surface area contributed by atoms with Crippen LogP contribution < -0.4 is 0 Å². The van der Waals surface area contributed by atoms with Gasteiger partial charge in [-0.2, -0.15) is 0 Å². The Balaban J connectivity index is 1.57. The second-order valence-electron chi connectivity index (χ2n) is 8.87. The standard InChI is InChI=1S/C23H29FN6/c1-23(2,3)30-22(25-26-27-30)21(19-9-11-20(24)12-10-19)29-15-13-28(14-16-29)17-18-7-5-4-6-8-18/h4-12,21H,13-17H2,1-3H3/t21-/m0/s1. The van der Waals surface area contributed by atoms with Crippen LogP contribution in [0.2, 0.25) is 0 Å². The topological polar surface area (TPSA) is 50.1 Å². The summed E-state index contributed by atoms with van der Waals surface area (Å²) in [7, 11) is 0. The Labute approximate surface area is 177 Å². The largest absolute Gasteiger partial charge is 0.297 e. The maximum atomic E-state index is 13.6. The summed E-state index contributed by atoms with van der Waals surface area (Å²) in [6.45, 7) is 10.9. The van der Waals surface area contributed by atoms with E-state index in [0.717, 1.165) is 44.1 Å². The smallest absolute Gasteiger partial charge is 0.173 e. The zero-order valence-corrected chi connectivity index (χ0v) is 17.9. The van der Waals surface area contributed by atoms with Gasteiger partial charge in [-0.05, 0) is 54.5 Å². The predicted octanol–water partition coefficient (Wildman–Crippen LogP) is 3.47. The zero-order valence-electron chi connectivity index (χ0n) is 17.9. The fourth-order valence-electron chi connectivity index (χ4n) is 4.03. The number of nitrogens with zero attached hydrogens (tertiary/aromatic N) is 6. The Morgan fingerprint density at radius 3 is 2.23 bits per heavy atom. The van der Waals surface area contributed by atoms with Gasteiger partial charge in [0.1, 0.15) is 5.82 Å². The molecular formula is C23H29FN6. The van der Waals surface area contributed by atoms with Crippen molar-refractivity contribution in [1.29, 1.82) is 0 Å². The SMILES string of the molecule is CC(C)(C)n1nnnc1[C@H](c1ccc(F)cc1)N1CCN(Cc2ccccc2)CC1. The predicted molar refractivity (Wildman–Crippen MR) is 114 cm³/mol. The lowest BCUT2D eigenvalue weighted by Gasteiger charge is -2.39. The Hall–Kier alpha value is -2.64. The molecule has 0 unspecified atom stereocenters. The fourth-order valence-corrected chi connectivity index (χ4v) is 4.03. The molecule has 0 saturated carbocycles. The van der Waals surface area contributed by atoms with Crippen LogP contribution in [0.4, 0.5) is 4.39 Å². The average Bonchev–Trinajstić information content (AvgIpc) is 3.22. The Bertz CT molecular complexity index is 940. The van der Waals surface area contributed by atoms with Crippen molar-refractivity contribution in [2.24, 2.45) is 0 Å². The van der Waals surface area contributed by atoms with Gasteiger partial charge in [-0.15, -0.1) is 5.10 Å². The van der Waals surface area contributed by atoms with Gasteiger partial charge in [0, 0.05) is 32.7 Å². The van der Waals surface area contributed by atoms with Crippen molar-refractivity contribution in [2.75, 3.05) is 26.2 Å². The molecule has 0 aliphatic carbocycles. The van der Waals surface area contributed by atoms with Crippen LogP contribution >= 0.6 is 0 Å². The van der Waals surface area contributed by atoms with Gasteiger partial charge in [0.15, 0.2) is 5.82 Å². The van der Waals surface area contributed by atoms with Crippen molar-refractivity contribution in [3.8, 4) is 0 Å². The Morgan fingerprint density at radius 2 is 1.60 bits per heavy atom. The average molecular weight is 409 g/mol. The summed E-state index contributed by atoms with van der Waals surface area (Å²) >= 11 is 0. The minimum atomic E-state index is -0.244. The molecule has 158 valence electrons. The summed E-state index contributed by atoms with van der Waals surface area (Å²) in [5.74, 6) is 0.561. The van der Waals surface area contributed by atoms with Crippen molar-refractivity contribution >= 4 is 0 Å². The van der Waals surface area contributed by atoms with Crippen LogP contribution in [0.25, 0.3) is 0 Å². The summed E-state index contributed by atoms with van der Waals surface area (Å²) in [6, 6.07) is 17.2. The Kier molecular flexibility index (Phi) is 5.92. The molecule has 1 atom stereocenters. The second kappa shape index (κ2) is 8.62. The van der Waals surface area contributed by atoms with Crippen LogP contribution in [0.3, 0.4) is 0 Å². The molecule has 30 heavy (non-hydrogen) atoms. The van der Waals surface area contributed by atoms with Gasteiger partial charge in [-0.3, -0.25) is 9.80 Å². The molecule has 1 aliphatic rings. The second-order valence-corrected chi connectivity index (χ2v) is 8.87. The van der Waals surface area contributed by atoms with Crippen molar-refractivity contribution in [3.05, 3.63) is 77.4 Å². The molecule has 0 radical (unpaired) electrons. The van der Waals surface area contributed by atoms with Crippen molar-refractivity contribution < 1.29 is 4.39 Å². The van der Waals surface area contributed by atoms with E-state index in [1.807, 2.05) is 22.9 Å². The van der Waals surface area contributed by atoms with Crippen molar-refractivity contribution in [3.63, 3.8) is 0 Å². The molecule has 1 saturated heterocycles. The van der Waals surface area contributed by atoms with E-state index >= 15 is 0 Å². The fraction of sp³-hybridized carbons (Fsp3) is 0.435. The molecule has 3 aromatic rings. The van der Waals surface area contributed by atoms with Gasteiger partial charge >= 0.3 is 0 Å². The highest BCUT2D eigenvalue weighted by Gasteiger charge is 2.33. The van der Waals surface area contributed by atoms with Gasteiger partial charge < -0.3 is 0 Å². The first-order chi connectivity index (χ1) is 14.4. The maximum absolute atomic E-state index is 13.6. The van der Waals surface area contributed by atoms with Crippen LogP contribution in [0.15, 0.2) is 54.6 Å². The van der Waals surface area contributed by atoms with Gasteiger partial charge in [-0.25, -0.2) is 9.07 Å². The molecule has 7 heteroatoms. The van der Waals surface area contributed by atoms with E-state index in [1.54, 1.807) is 0 Å². The molecule has 1 aliphatic heterocycles. The van der Waals surface area contributed by atoms with E-state index in [4.69, 9.17) is 0 Å². The number of halogens is 1. The number of hydrogen-bond acceptors (Lipinski definition) is 5. The lowest BCUT2D eigenvalue weighted by atomic mass is 10.0. The van der Waals surface area contributed by atoms with Crippen LogP contribution in [0, 0.1) is 5.82 Å². The summed E-state index contributed by atoms with van der Waals surface area (Å²) in [6.07, 6.45) is 0. The lowest BCUT2D eigenvalue weighted by Crippen LogP contribution is -2.48. The third-order valence-electron chi connectivity index (χ3n) is 5.58. The number of hydrogen-bond donors (Lipinski definition) is 0. The molecule has 0 spiro atoms. The first kappa shape index (κ1) is 20.6. The molecule has 0 N–H and O–H groups in total. The molecule has 6 nitrogen and oxygen atoms in total. The highest BCUT2D eigenvalue weighted by molar-refractivity contribution is 5.26. The quantitative estimate of drug-likeness (QED) is 0.647. The highest BCUT2D eigenvalue weighted by Crippen LogP contribution is 2.30. The first-order valence-corrected chi connectivity index (χ1v) is 10.5. The molecule has 0 amide bonds. The van der Waals surface area contributed by atoms with Crippen LogP contribution in [-0.2, 0) is 12.1 Å². The van der Waals surface area contributed by atoms with Gasteiger partial charge in [0.2, 0.25) is 0 Å². The van der Waals surface area contributed by atoms with Crippen LogP contribution in [-0.4, -0.2) is 56.2 Å². The molecule has 2 heterocycles. The van der Waals surface area contributed by atoms with Gasteiger partial charge in [0.05, 0.1) is 11.6 Å². The lowest BCUT2D eigenvalue weighted by molar-refractivity contribution is 0.0979. The minimum Gasteiger partial charge on any atom is -0.297 e. The number of tetrazole rings is 1. The van der Waals surface area contributed by atoms with Gasteiger partial charge in [-0.1, -0.05) is 42.5 Å². The Morgan fingerprint density at radius 1 is 0.933 bits per heavy atom. The summed E-state index contributed by atoms with van der Waals surface area (Å²) in [5, 5.41) is 12.6. The summed E-state index contributed by atoms with van der Waals surface area (Å²) in [5.41, 5.74) is 2.10. The summed E-state index contributed by atoms with van der Waals surface area (Å²) in [4.78, 5) is 4.88. The molecular weight excluding hydrogens is 379 g/mol.